The van der Waals surface area contributed by atoms with E-state index in [1.807, 2.05) is 6.08 Å². The van der Waals surface area contributed by atoms with Crippen molar-refractivity contribution in [2.45, 2.75) is 31.3 Å². The third-order valence-corrected chi connectivity index (χ3v) is 3.42. The molecule has 0 saturated carbocycles. The number of aromatic nitrogens is 2. The molecule has 1 aromatic heterocycles. The maximum Gasteiger partial charge on any atom is 0.330 e. The summed E-state index contributed by atoms with van der Waals surface area (Å²) in [5, 5.41) is 18.7. The fraction of sp³-hybridized carbons (Fsp3) is 0.500. The summed E-state index contributed by atoms with van der Waals surface area (Å²) in [4.78, 5) is 25.7. The molecule has 0 bridgehead atoms. The average Bonchev–Trinajstić information content (AvgIpc) is 3.13. The van der Waals surface area contributed by atoms with Gasteiger partial charge in [-0.1, -0.05) is 6.08 Å². The van der Waals surface area contributed by atoms with Gasteiger partial charge >= 0.3 is 5.69 Å². The molecule has 1 saturated heterocycles. The zero-order valence-corrected chi connectivity index (χ0v) is 10.1. The fourth-order valence-electron chi connectivity index (χ4n) is 2.25. The van der Waals surface area contributed by atoms with E-state index in [0.29, 0.717) is 5.56 Å². The number of hydrogen-bond donors (Lipinski definition) is 3. The first-order chi connectivity index (χ1) is 9.10. The van der Waals surface area contributed by atoms with E-state index in [2.05, 4.69) is 4.98 Å². The molecule has 2 heterocycles. The molecule has 0 amide bonds. The van der Waals surface area contributed by atoms with Crippen molar-refractivity contribution < 1.29 is 14.9 Å². The van der Waals surface area contributed by atoms with Gasteiger partial charge in [-0.2, -0.15) is 0 Å². The van der Waals surface area contributed by atoms with Crippen LogP contribution in [0, 0.1) is 0 Å². The molecule has 102 valence electrons. The van der Waals surface area contributed by atoms with Crippen molar-refractivity contribution in [2.24, 2.45) is 0 Å². The summed E-state index contributed by atoms with van der Waals surface area (Å²) in [7, 11) is 0. The van der Waals surface area contributed by atoms with Gasteiger partial charge in [0.05, 0.1) is 18.3 Å². The lowest BCUT2D eigenvalue weighted by Gasteiger charge is -2.14. The van der Waals surface area contributed by atoms with Crippen molar-refractivity contribution in [2.75, 3.05) is 6.61 Å². The van der Waals surface area contributed by atoms with Crippen LogP contribution in [0.25, 0.3) is 5.57 Å². The molecule has 2 aliphatic rings. The Morgan fingerprint density at radius 2 is 2.21 bits per heavy atom. The monoisotopic (exact) mass is 266 g/mol. The van der Waals surface area contributed by atoms with Gasteiger partial charge in [0.1, 0.15) is 12.3 Å². The molecule has 0 aromatic carbocycles. The zero-order valence-electron chi connectivity index (χ0n) is 10.1. The number of aliphatic hydroxyl groups excluding tert-OH is 2. The van der Waals surface area contributed by atoms with Crippen LogP contribution in [0.4, 0.5) is 0 Å². The van der Waals surface area contributed by atoms with Gasteiger partial charge in [-0.3, -0.25) is 14.3 Å². The number of nitrogens with zero attached hydrogens (tertiary/aromatic N) is 1. The van der Waals surface area contributed by atoms with Crippen LogP contribution in [0.5, 0.6) is 0 Å². The van der Waals surface area contributed by atoms with Crippen molar-refractivity contribution in [1.82, 2.24) is 9.55 Å². The Balaban J connectivity index is 1.97. The minimum atomic E-state index is -0.822. The molecule has 3 rings (SSSR count). The SMILES string of the molecule is O=c1[nH]c(=O)n([C@H]2C[C@@H](O)[C@@H](CO)O2)cc1C1=CC1. The van der Waals surface area contributed by atoms with Crippen molar-refractivity contribution in [3.05, 3.63) is 38.7 Å². The first-order valence-electron chi connectivity index (χ1n) is 6.09. The van der Waals surface area contributed by atoms with Crippen LogP contribution in [0.15, 0.2) is 21.9 Å². The molecular formula is C12H14N2O5. The number of nitrogens with one attached hydrogen (secondary N) is 1. The number of aliphatic hydroxyl groups is 2. The van der Waals surface area contributed by atoms with Crippen LogP contribution in [0.2, 0.25) is 0 Å². The smallest absolute Gasteiger partial charge is 0.330 e. The van der Waals surface area contributed by atoms with Crippen molar-refractivity contribution in [3.63, 3.8) is 0 Å². The Morgan fingerprint density at radius 1 is 1.47 bits per heavy atom. The Morgan fingerprint density at radius 3 is 2.79 bits per heavy atom. The van der Waals surface area contributed by atoms with E-state index >= 15 is 0 Å². The molecule has 1 aromatic rings. The highest BCUT2D eigenvalue weighted by atomic mass is 16.5. The molecule has 0 unspecified atom stereocenters. The van der Waals surface area contributed by atoms with Crippen LogP contribution in [0.3, 0.4) is 0 Å². The fourth-order valence-corrected chi connectivity index (χ4v) is 2.25. The summed E-state index contributed by atoms with van der Waals surface area (Å²) in [6, 6.07) is 0. The van der Waals surface area contributed by atoms with E-state index in [4.69, 9.17) is 9.84 Å². The number of rotatable bonds is 3. The largest absolute Gasteiger partial charge is 0.394 e. The van der Waals surface area contributed by atoms with Gasteiger partial charge in [0.15, 0.2) is 0 Å². The van der Waals surface area contributed by atoms with Crippen LogP contribution < -0.4 is 11.2 Å². The number of H-pyrrole nitrogens is 1. The number of allylic oxidation sites excluding steroid dienone is 2. The van der Waals surface area contributed by atoms with Gasteiger partial charge in [-0.15, -0.1) is 0 Å². The summed E-state index contributed by atoms with van der Waals surface area (Å²) in [5.41, 5.74) is 0.352. The third kappa shape index (κ3) is 2.16. The molecular weight excluding hydrogens is 252 g/mol. The highest BCUT2D eigenvalue weighted by molar-refractivity contribution is 5.76. The number of aromatic amines is 1. The van der Waals surface area contributed by atoms with Gasteiger partial charge in [0.25, 0.3) is 5.56 Å². The molecule has 0 spiro atoms. The second-order valence-corrected chi connectivity index (χ2v) is 4.76. The maximum absolute atomic E-state index is 11.8. The van der Waals surface area contributed by atoms with E-state index < -0.39 is 29.7 Å². The predicted molar refractivity (Wildman–Crippen MR) is 65.5 cm³/mol. The second-order valence-electron chi connectivity index (χ2n) is 4.76. The summed E-state index contributed by atoms with van der Waals surface area (Å²) in [5.74, 6) is 0. The van der Waals surface area contributed by atoms with Crippen molar-refractivity contribution >= 4 is 5.57 Å². The summed E-state index contributed by atoms with van der Waals surface area (Å²) < 4.78 is 6.66. The van der Waals surface area contributed by atoms with Gasteiger partial charge in [-0.25, -0.2) is 4.79 Å². The molecule has 7 nitrogen and oxygen atoms in total. The van der Waals surface area contributed by atoms with Gasteiger partial charge in [-0.05, 0) is 12.0 Å². The van der Waals surface area contributed by atoms with Crippen LogP contribution in [-0.4, -0.2) is 38.6 Å². The Hall–Kier alpha value is -1.70. The van der Waals surface area contributed by atoms with Crippen LogP contribution in [-0.2, 0) is 4.74 Å². The van der Waals surface area contributed by atoms with Gasteiger partial charge < -0.3 is 14.9 Å². The minimum Gasteiger partial charge on any atom is -0.394 e. The van der Waals surface area contributed by atoms with Crippen molar-refractivity contribution in [1.29, 1.82) is 0 Å². The summed E-state index contributed by atoms with van der Waals surface area (Å²) in [6.45, 7) is -0.312. The topological polar surface area (TPSA) is 105 Å². The predicted octanol–water partition coefficient (Wildman–Crippen LogP) is -1.04. The zero-order chi connectivity index (χ0) is 13.6. The Labute approximate surface area is 107 Å². The highest BCUT2D eigenvalue weighted by Crippen LogP contribution is 2.30. The quantitative estimate of drug-likeness (QED) is 0.648. The maximum atomic E-state index is 11.8. The van der Waals surface area contributed by atoms with Crippen molar-refractivity contribution in [3.8, 4) is 0 Å². The van der Waals surface area contributed by atoms with E-state index in [0.717, 1.165) is 12.0 Å². The lowest BCUT2D eigenvalue weighted by molar-refractivity contribution is -0.0459. The summed E-state index contributed by atoms with van der Waals surface area (Å²) in [6.07, 6.45) is 2.10. The molecule has 0 radical (unpaired) electrons. The first kappa shape index (κ1) is 12.3. The molecule has 3 N–H and O–H groups in total. The van der Waals surface area contributed by atoms with Gasteiger partial charge in [0.2, 0.25) is 0 Å². The van der Waals surface area contributed by atoms with Gasteiger partial charge in [0, 0.05) is 12.6 Å². The van der Waals surface area contributed by atoms with E-state index in [9.17, 15) is 14.7 Å². The molecule has 1 aliphatic carbocycles. The first-order valence-corrected chi connectivity index (χ1v) is 6.09. The lowest BCUT2D eigenvalue weighted by Crippen LogP contribution is -2.33. The van der Waals surface area contributed by atoms with Crippen LogP contribution in [0.1, 0.15) is 24.6 Å². The lowest BCUT2D eigenvalue weighted by atomic mass is 10.2. The van der Waals surface area contributed by atoms with E-state index in [-0.39, 0.29) is 13.0 Å². The molecule has 19 heavy (non-hydrogen) atoms. The molecule has 7 heteroatoms. The Bertz CT molecular complexity index is 644. The summed E-state index contributed by atoms with van der Waals surface area (Å²) >= 11 is 0. The highest BCUT2D eigenvalue weighted by Gasteiger charge is 2.35. The number of ether oxygens (including phenoxy) is 1. The molecule has 3 atom stereocenters. The standard InChI is InChI=1S/C12H14N2O5/c15-5-9-8(16)3-10(19-9)14-4-7(6-1-2-6)11(17)13-12(14)18/h1,4,8-10,15-16H,2-3,5H2,(H,13,17,18)/t8-,9-,10-/m1/s1. The molecule has 1 aliphatic heterocycles. The molecule has 1 fully saturated rings. The van der Waals surface area contributed by atoms with Crippen LogP contribution >= 0.6 is 0 Å². The third-order valence-electron chi connectivity index (χ3n) is 3.42. The second kappa shape index (κ2) is 4.44. The Kier molecular flexibility index (Phi) is 2.89. The van der Waals surface area contributed by atoms with E-state index in [1.54, 1.807) is 0 Å². The number of hydrogen-bond acceptors (Lipinski definition) is 5. The normalized spacial score (nSPS) is 29.4. The van der Waals surface area contributed by atoms with E-state index in [1.165, 1.54) is 10.8 Å². The average molecular weight is 266 g/mol. The minimum absolute atomic E-state index is 0.204.